The summed E-state index contributed by atoms with van der Waals surface area (Å²) >= 11 is 0. The van der Waals surface area contributed by atoms with Gasteiger partial charge in [-0.1, -0.05) is 12.1 Å². The molecule has 0 unspecified atom stereocenters. The molecule has 0 bridgehead atoms. The number of H-pyrrole nitrogens is 1. The summed E-state index contributed by atoms with van der Waals surface area (Å²) in [6, 6.07) is 9.00. The molecule has 0 aliphatic carbocycles. The molecule has 3 rings (SSSR count). The van der Waals surface area contributed by atoms with Gasteiger partial charge in [-0.3, -0.25) is 14.3 Å². The Hall–Kier alpha value is -2.96. The van der Waals surface area contributed by atoms with Gasteiger partial charge in [-0.2, -0.15) is 5.10 Å². The number of aromatic amines is 1. The highest BCUT2D eigenvalue weighted by atomic mass is 16.5. The van der Waals surface area contributed by atoms with E-state index in [1.165, 1.54) is 0 Å². The largest absolute Gasteiger partial charge is 0.454 e. The first kappa shape index (κ1) is 16.9. The van der Waals surface area contributed by atoms with Crippen LogP contribution in [0, 0.1) is 13.8 Å². The molecule has 25 heavy (non-hydrogen) atoms. The molecular formula is C18H20N4O3. The molecule has 2 aromatic heterocycles. The molecule has 0 aliphatic rings. The van der Waals surface area contributed by atoms with Crippen molar-refractivity contribution in [1.29, 1.82) is 0 Å². The van der Waals surface area contributed by atoms with E-state index in [1.807, 2.05) is 26.0 Å². The van der Waals surface area contributed by atoms with Crippen LogP contribution in [0.2, 0.25) is 0 Å². The summed E-state index contributed by atoms with van der Waals surface area (Å²) in [6.45, 7) is 5.99. The number of para-hydroxylation sites is 1. The number of aromatic nitrogens is 4. The summed E-state index contributed by atoms with van der Waals surface area (Å²) in [6.07, 6.45) is -0.435. The van der Waals surface area contributed by atoms with Crippen molar-refractivity contribution >= 4 is 16.9 Å². The first-order valence-electron chi connectivity index (χ1n) is 8.13. The minimum Gasteiger partial charge on any atom is -0.454 e. The minimum atomic E-state index is -0.634. The van der Waals surface area contributed by atoms with Gasteiger partial charge in [0.15, 0.2) is 11.9 Å². The van der Waals surface area contributed by atoms with Gasteiger partial charge in [-0.15, -0.1) is 0 Å². The molecule has 0 aliphatic heterocycles. The SMILES string of the molecule is Cc1cc(C)n(CCC(=O)O[C@@H](C)c2nc3ccccc3c(=O)[nH]2)n1. The number of rotatable bonds is 5. The lowest BCUT2D eigenvalue weighted by Crippen LogP contribution is -2.18. The van der Waals surface area contributed by atoms with Crippen molar-refractivity contribution in [1.82, 2.24) is 19.7 Å². The highest BCUT2D eigenvalue weighted by Crippen LogP contribution is 2.15. The fourth-order valence-corrected chi connectivity index (χ4v) is 2.71. The normalized spacial score (nSPS) is 12.3. The van der Waals surface area contributed by atoms with E-state index in [0.717, 1.165) is 11.4 Å². The molecule has 1 aromatic carbocycles. The number of nitrogens with one attached hydrogen (secondary N) is 1. The Balaban J connectivity index is 1.67. The van der Waals surface area contributed by atoms with E-state index in [4.69, 9.17) is 4.74 Å². The fourth-order valence-electron chi connectivity index (χ4n) is 2.71. The van der Waals surface area contributed by atoms with Gasteiger partial charge in [0.25, 0.3) is 5.56 Å². The zero-order valence-electron chi connectivity index (χ0n) is 14.4. The van der Waals surface area contributed by atoms with Crippen LogP contribution in [0.25, 0.3) is 10.9 Å². The molecule has 0 spiro atoms. The number of carbonyl (C=O) groups excluding carboxylic acids is 1. The van der Waals surface area contributed by atoms with Gasteiger partial charge < -0.3 is 9.72 Å². The highest BCUT2D eigenvalue weighted by Gasteiger charge is 2.16. The van der Waals surface area contributed by atoms with E-state index in [0.29, 0.717) is 23.3 Å². The van der Waals surface area contributed by atoms with Gasteiger partial charge in [-0.05, 0) is 39.0 Å². The second-order valence-electron chi connectivity index (χ2n) is 6.00. The zero-order chi connectivity index (χ0) is 18.0. The number of hydrogen-bond donors (Lipinski definition) is 1. The maximum absolute atomic E-state index is 12.1. The van der Waals surface area contributed by atoms with Crippen molar-refractivity contribution in [2.75, 3.05) is 0 Å². The van der Waals surface area contributed by atoms with Crippen LogP contribution in [0.3, 0.4) is 0 Å². The first-order valence-corrected chi connectivity index (χ1v) is 8.13. The van der Waals surface area contributed by atoms with Gasteiger partial charge in [0, 0.05) is 5.69 Å². The summed E-state index contributed by atoms with van der Waals surface area (Å²) in [4.78, 5) is 31.2. The third-order valence-corrected chi connectivity index (χ3v) is 3.96. The number of esters is 1. The second kappa shape index (κ2) is 6.88. The van der Waals surface area contributed by atoms with Crippen molar-refractivity contribution in [3.05, 3.63) is 57.9 Å². The summed E-state index contributed by atoms with van der Waals surface area (Å²) in [7, 11) is 0. The predicted molar refractivity (Wildman–Crippen MR) is 93.2 cm³/mol. The summed E-state index contributed by atoms with van der Waals surface area (Å²) in [5.74, 6) is -0.0287. The first-order chi connectivity index (χ1) is 11.9. The standard InChI is InChI=1S/C18H20N4O3/c1-11-10-12(2)22(21-11)9-8-16(23)25-13(3)17-19-15-7-5-4-6-14(15)18(24)20-17/h4-7,10,13H,8-9H2,1-3H3,(H,19,20,24)/t13-/m0/s1. The number of carbonyl (C=O) groups is 1. The molecule has 1 atom stereocenters. The van der Waals surface area contributed by atoms with Gasteiger partial charge in [-0.25, -0.2) is 4.98 Å². The Bertz CT molecular complexity index is 974. The van der Waals surface area contributed by atoms with Crippen molar-refractivity contribution in [3.8, 4) is 0 Å². The average Bonchev–Trinajstić information content (AvgIpc) is 2.90. The summed E-state index contributed by atoms with van der Waals surface area (Å²) < 4.78 is 7.17. The number of fused-ring (bicyclic) bond motifs is 1. The molecule has 1 N–H and O–H groups in total. The van der Waals surface area contributed by atoms with Gasteiger partial charge in [0.05, 0.1) is 29.6 Å². The van der Waals surface area contributed by atoms with E-state index in [1.54, 1.807) is 29.8 Å². The molecule has 3 aromatic rings. The number of aryl methyl sites for hydroxylation is 3. The summed E-state index contributed by atoms with van der Waals surface area (Å²) in [5, 5.41) is 4.82. The molecule has 0 radical (unpaired) electrons. The number of nitrogens with zero attached hydrogens (tertiary/aromatic N) is 3. The van der Waals surface area contributed by atoms with Crippen LogP contribution >= 0.6 is 0 Å². The fraction of sp³-hybridized carbons (Fsp3) is 0.333. The highest BCUT2D eigenvalue weighted by molar-refractivity contribution is 5.77. The number of ether oxygens (including phenoxy) is 1. The van der Waals surface area contributed by atoms with Gasteiger partial charge >= 0.3 is 5.97 Å². The molecule has 7 heteroatoms. The third kappa shape index (κ3) is 3.76. The van der Waals surface area contributed by atoms with Crippen LogP contribution < -0.4 is 5.56 Å². The van der Waals surface area contributed by atoms with E-state index in [9.17, 15) is 9.59 Å². The lowest BCUT2D eigenvalue weighted by atomic mass is 10.2. The topological polar surface area (TPSA) is 89.9 Å². The maximum atomic E-state index is 12.1. The monoisotopic (exact) mass is 340 g/mol. The van der Waals surface area contributed by atoms with Crippen LogP contribution in [0.1, 0.15) is 36.7 Å². The van der Waals surface area contributed by atoms with Crippen molar-refractivity contribution in [2.45, 2.75) is 39.8 Å². The molecule has 130 valence electrons. The van der Waals surface area contributed by atoms with Crippen LogP contribution in [0.4, 0.5) is 0 Å². The van der Waals surface area contributed by atoms with E-state index >= 15 is 0 Å². The molecule has 0 saturated carbocycles. The molecule has 0 saturated heterocycles. The average molecular weight is 340 g/mol. The maximum Gasteiger partial charge on any atom is 0.308 e. The van der Waals surface area contributed by atoms with Crippen LogP contribution in [0.15, 0.2) is 35.1 Å². The Labute approximate surface area is 144 Å². The Kier molecular flexibility index (Phi) is 4.65. The molecular weight excluding hydrogens is 320 g/mol. The Morgan fingerprint density at radius 3 is 2.80 bits per heavy atom. The van der Waals surface area contributed by atoms with E-state index < -0.39 is 6.10 Å². The minimum absolute atomic E-state index is 0.199. The third-order valence-electron chi connectivity index (χ3n) is 3.96. The zero-order valence-corrected chi connectivity index (χ0v) is 14.4. The van der Waals surface area contributed by atoms with Crippen LogP contribution in [-0.2, 0) is 16.1 Å². The van der Waals surface area contributed by atoms with Crippen molar-refractivity contribution < 1.29 is 9.53 Å². The van der Waals surface area contributed by atoms with Crippen LogP contribution in [-0.4, -0.2) is 25.7 Å². The van der Waals surface area contributed by atoms with Crippen LogP contribution in [0.5, 0.6) is 0 Å². The molecule has 7 nitrogen and oxygen atoms in total. The second-order valence-corrected chi connectivity index (χ2v) is 6.00. The quantitative estimate of drug-likeness (QED) is 0.721. The van der Waals surface area contributed by atoms with Gasteiger partial charge in [0.2, 0.25) is 0 Å². The number of hydrogen-bond acceptors (Lipinski definition) is 5. The summed E-state index contributed by atoms with van der Waals surface area (Å²) in [5.41, 5.74) is 2.24. The lowest BCUT2D eigenvalue weighted by Gasteiger charge is -2.13. The molecule has 2 heterocycles. The van der Waals surface area contributed by atoms with E-state index in [2.05, 4.69) is 15.1 Å². The van der Waals surface area contributed by atoms with Gasteiger partial charge in [0.1, 0.15) is 0 Å². The van der Waals surface area contributed by atoms with E-state index in [-0.39, 0.29) is 17.9 Å². The smallest absolute Gasteiger partial charge is 0.308 e. The number of benzene rings is 1. The predicted octanol–water partition coefficient (Wildman–Crippen LogP) is 2.43. The Morgan fingerprint density at radius 2 is 2.08 bits per heavy atom. The molecule has 0 amide bonds. The van der Waals surface area contributed by atoms with Crippen molar-refractivity contribution in [3.63, 3.8) is 0 Å². The Morgan fingerprint density at radius 1 is 1.32 bits per heavy atom. The lowest BCUT2D eigenvalue weighted by molar-refractivity contribution is -0.149. The molecule has 0 fully saturated rings. The van der Waals surface area contributed by atoms with Crippen molar-refractivity contribution in [2.24, 2.45) is 0 Å².